The molecule has 0 fully saturated rings. The lowest BCUT2D eigenvalue weighted by Crippen LogP contribution is -2.25. The molecule has 0 aliphatic heterocycles. The Morgan fingerprint density at radius 1 is 0.892 bits per heavy atom. The highest BCUT2D eigenvalue weighted by molar-refractivity contribution is 7.80. The van der Waals surface area contributed by atoms with Gasteiger partial charge in [0, 0.05) is 16.4 Å². The van der Waals surface area contributed by atoms with E-state index in [9.17, 15) is 4.79 Å². The van der Waals surface area contributed by atoms with Crippen molar-refractivity contribution in [3.63, 3.8) is 0 Å². The third-order valence-corrected chi connectivity index (χ3v) is 6.18. The van der Waals surface area contributed by atoms with Gasteiger partial charge in [-0.2, -0.15) is 0 Å². The first kappa shape index (κ1) is 24.5. The monoisotopic (exact) mass is 526 g/mol. The van der Waals surface area contributed by atoms with E-state index < -0.39 is 0 Å². The highest BCUT2D eigenvalue weighted by Crippen LogP contribution is 2.19. The van der Waals surface area contributed by atoms with Crippen LogP contribution in [-0.2, 0) is 6.61 Å². The molecule has 6 nitrogen and oxygen atoms in total. The van der Waals surface area contributed by atoms with Gasteiger partial charge < -0.3 is 15.4 Å². The van der Waals surface area contributed by atoms with Crippen molar-refractivity contribution in [2.75, 3.05) is 10.6 Å². The average molecular weight is 527 g/mol. The second kappa shape index (κ2) is 10.8. The van der Waals surface area contributed by atoms with Crippen LogP contribution in [0.4, 0.5) is 11.4 Å². The average Bonchev–Trinajstić information content (AvgIpc) is 2.90. The van der Waals surface area contributed by atoms with Gasteiger partial charge in [0.1, 0.15) is 12.4 Å². The molecule has 0 spiro atoms. The third-order valence-electron chi connectivity index (χ3n) is 5.72. The van der Waals surface area contributed by atoms with Crippen LogP contribution in [0.3, 0.4) is 0 Å². The van der Waals surface area contributed by atoms with Gasteiger partial charge in [-0.05, 0) is 91.9 Å². The fraction of sp³-hybridized carbons (Fsp3) is 0.0690. The van der Waals surface area contributed by atoms with Gasteiger partial charge in [0.15, 0.2) is 10.9 Å². The first-order chi connectivity index (χ1) is 18.0. The molecule has 37 heavy (non-hydrogen) atoms. The van der Waals surface area contributed by atoms with Crippen molar-refractivity contribution in [1.82, 2.24) is 9.55 Å². The Labute approximate surface area is 224 Å². The first-order valence-electron chi connectivity index (χ1n) is 11.6. The van der Waals surface area contributed by atoms with Gasteiger partial charge in [-0.15, -0.1) is 0 Å². The molecule has 0 bridgehead atoms. The molecule has 0 atom stereocenters. The van der Waals surface area contributed by atoms with Gasteiger partial charge in [0.25, 0.3) is 5.56 Å². The number of hydrogen-bond donors (Lipinski definition) is 2. The minimum absolute atomic E-state index is 0.137. The quantitative estimate of drug-likeness (QED) is 0.239. The van der Waals surface area contributed by atoms with Crippen molar-refractivity contribution < 1.29 is 4.74 Å². The summed E-state index contributed by atoms with van der Waals surface area (Å²) in [5, 5.41) is 7.90. The molecule has 0 radical (unpaired) electrons. The Balaban J connectivity index is 1.41. The number of ether oxygens (including phenoxy) is 1. The van der Waals surface area contributed by atoms with Gasteiger partial charge in [0.05, 0.1) is 16.6 Å². The summed E-state index contributed by atoms with van der Waals surface area (Å²) >= 11 is 11.4. The number of para-hydroxylation sites is 1. The van der Waals surface area contributed by atoms with Crippen LogP contribution < -0.4 is 20.9 Å². The van der Waals surface area contributed by atoms with E-state index in [-0.39, 0.29) is 12.2 Å². The summed E-state index contributed by atoms with van der Waals surface area (Å²) in [7, 11) is 0. The SMILES string of the molecule is Cc1ccc(OCc2nc3ccccc3c(=O)n2-c2ccc(NC(=S)Nc3ccc(Cl)cc3)cc2)cc1. The summed E-state index contributed by atoms with van der Waals surface area (Å²) < 4.78 is 7.57. The number of nitrogens with zero attached hydrogens (tertiary/aromatic N) is 2. The Kier molecular flexibility index (Phi) is 7.16. The predicted molar refractivity (Wildman–Crippen MR) is 154 cm³/mol. The van der Waals surface area contributed by atoms with Gasteiger partial charge in [-0.3, -0.25) is 9.36 Å². The molecule has 0 unspecified atom stereocenters. The number of nitrogens with one attached hydrogen (secondary N) is 2. The summed E-state index contributed by atoms with van der Waals surface area (Å²) in [6, 6.07) is 29.8. The number of aromatic nitrogens is 2. The number of halogens is 1. The van der Waals surface area contributed by atoms with Crippen LogP contribution in [0, 0.1) is 6.92 Å². The summed E-state index contributed by atoms with van der Waals surface area (Å²) in [6.07, 6.45) is 0. The predicted octanol–water partition coefficient (Wildman–Crippen LogP) is 6.74. The van der Waals surface area contributed by atoms with Crippen molar-refractivity contribution in [1.29, 1.82) is 0 Å². The lowest BCUT2D eigenvalue weighted by atomic mass is 10.2. The van der Waals surface area contributed by atoms with E-state index in [1.807, 2.05) is 85.8 Å². The Bertz CT molecular complexity index is 1620. The van der Waals surface area contributed by atoms with E-state index in [0.717, 1.165) is 16.9 Å². The molecule has 0 amide bonds. The topological polar surface area (TPSA) is 68.2 Å². The number of aryl methyl sites for hydroxylation is 1. The normalized spacial score (nSPS) is 10.8. The molecule has 5 rings (SSSR count). The van der Waals surface area contributed by atoms with Crippen LogP contribution in [0.2, 0.25) is 5.02 Å². The molecule has 2 N–H and O–H groups in total. The Hall–Kier alpha value is -4.20. The molecule has 0 aliphatic carbocycles. The molecule has 0 saturated carbocycles. The number of anilines is 2. The van der Waals surface area contributed by atoms with E-state index in [4.69, 9.17) is 33.5 Å². The molecule has 184 valence electrons. The fourth-order valence-corrected chi connectivity index (χ4v) is 4.21. The number of thiocarbonyl (C=S) groups is 1. The Morgan fingerprint density at radius 2 is 1.51 bits per heavy atom. The summed E-state index contributed by atoms with van der Waals surface area (Å²) in [6.45, 7) is 2.16. The minimum Gasteiger partial charge on any atom is -0.486 e. The maximum Gasteiger partial charge on any atom is 0.266 e. The highest BCUT2D eigenvalue weighted by atomic mass is 35.5. The van der Waals surface area contributed by atoms with Crippen LogP contribution in [0.25, 0.3) is 16.6 Å². The molecule has 1 heterocycles. The largest absolute Gasteiger partial charge is 0.486 e. The maximum atomic E-state index is 13.5. The van der Waals surface area contributed by atoms with Crippen molar-refractivity contribution >= 4 is 51.2 Å². The van der Waals surface area contributed by atoms with E-state index in [0.29, 0.717) is 38.3 Å². The zero-order valence-electron chi connectivity index (χ0n) is 19.9. The lowest BCUT2D eigenvalue weighted by molar-refractivity contribution is 0.292. The van der Waals surface area contributed by atoms with Crippen LogP contribution >= 0.6 is 23.8 Å². The van der Waals surface area contributed by atoms with E-state index in [1.165, 1.54) is 0 Å². The highest BCUT2D eigenvalue weighted by Gasteiger charge is 2.14. The van der Waals surface area contributed by atoms with Crippen molar-refractivity contribution in [2.45, 2.75) is 13.5 Å². The standard InChI is InChI=1S/C29H23ClN4O2S/c1-19-6-16-24(17-7-19)36-18-27-33-26-5-3-2-4-25(26)28(35)34(27)23-14-12-22(13-15-23)32-29(37)31-21-10-8-20(30)9-11-21/h2-17H,18H2,1H3,(H2,31,32,37). The molecule has 5 aromatic rings. The number of fused-ring (bicyclic) bond motifs is 1. The van der Waals surface area contributed by atoms with E-state index in [1.54, 1.807) is 22.8 Å². The van der Waals surface area contributed by atoms with Crippen LogP contribution in [0.5, 0.6) is 5.75 Å². The van der Waals surface area contributed by atoms with Crippen molar-refractivity contribution in [3.8, 4) is 11.4 Å². The number of hydrogen-bond acceptors (Lipinski definition) is 4. The smallest absolute Gasteiger partial charge is 0.266 e. The van der Waals surface area contributed by atoms with Crippen molar-refractivity contribution in [2.24, 2.45) is 0 Å². The van der Waals surface area contributed by atoms with Gasteiger partial charge in [-0.1, -0.05) is 41.4 Å². The fourth-order valence-electron chi connectivity index (χ4n) is 3.84. The summed E-state index contributed by atoms with van der Waals surface area (Å²) in [4.78, 5) is 18.3. The van der Waals surface area contributed by atoms with Crippen LogP contribution in [0.15, 0.2) is 102 Å². The molecular weight excluding hydrogens is 504 g/mol. The van der Waals surface area contributed by atoms with Crippen LogP contribution in [0.1, 0.15) is 11.4 Å². The zero-order chi connectivity index (χ0) is 25.8. The second-order valence-corrected chi connectivity index (χ2v) is 9.27. The Morgan fingerprint density at radius 3 is 2.19 bits per heavy atom. The lowest BCUT2D eigenvalue weighted by Gasteiger charge is -2.15. The van der Waals surface area contributed by atoms with Crippen molar-refractivity contribution in [3.05, 3.63) is 124 Å². The zero-order valence-corrected chi connectivity index (χ0v) is 21.5. The molecular formula is C29H23ClN4O2S. The number of rotatable bonds is 6. The summed E-state index contributed by atoms with van der Waals surface area (Å²) in [5.41, 5.74) is 3.88. The molecule has 0 aliphatic rings. The van der Waals surface area contributed by atoms with E-state index in [2.05, 4.69) is 10.6 Å². The molecule has 1 aromatic heterocycles. The minimum atomic E-state index is -0.159. The third kappa shape index (κ3) is 5.80. The van der Waals surface area contributed by atoms with Gasteiger partial charge >= 0.3 is 0 Å². The van der Waals surface area contributed by atoms with E-state index >= 15 is 0 Å². The first-order valence-corrected chi connectivity index (χ1v) is 12.4. The maximum absolute atomic E-state index is 13.5. The number of benzene rings is 4. The van der Waals surface area contributed by atoms with Gasteiger partial charge in [-0.25, -0.2) is 4.98 Å². The molecule has 4 aromatic carbocycles. The molecule has 0 saturated heterocycles. The van der Waals surface area contributed by atoms with Crippen LogP contribution in [-0.4, -0.2) is 14.7 Å². The second-order valence-electron chi connectivity index (χ2n) is 8.42. The summed E-state index contributed by atoms with van der Waals surface area (Å²) in [5.74, 6) is 1.21. The van der Waals surface area contributed by atoms with Gasteiger partial charge in [0.2, 0.25) is 0 Å². The molecule has 8 heteroatoms.